The van der Waals surface area contributed by atoms with Crippen LogP contribution in [0.4, 0.5) is 0 Å². The molecule has 0 fully saturated rings. The smallest absolute Gasteiger partial charge is 0.0107 e. The average molecular weight is 760 g/mol. The molecule has 10 aromatic carbocycles. The van der Waals surface area contributed by atoms with Crippen LogP contribution >= 0.6 is 0 Å². The maximum Gasteiger partial charge on any atom is -0.0107 e. The second-order valence-electron chi connectivity index (χ2n) is 14.1. The first-order chi connectivity index (χ1) is 25.3. The maximum atomic E-state index is 2.33. The molecular weight excluding hydrogens is 720 g/mol. The number of hydrogen-bond donors (Lipinski definition) is 0. The Morgan fingerprint density at radius 2 is 0.673 bits per heavy atom. The van der Waals surface area contributed by atoms with Gasteiger partial charge in [-0.3, -0.25) is 0 Å². The van der Waals surface area contributed by atoms with Crippen molar-refractivity contribution in [1.29, 1.82) is 0 Å². The fourth-order valence-electron chi connectivity index (χ4n) is 7.64. The Balaban J connectivity index is 0.000000135. The van der Waals surface area contributed by atoms with Gasteiger partial charge in [-0.15, -0.1) is 69.1 Å². The summed E-state index contributed by atoms with van der Waals surface area (Å²) in [6, 6.07) is 62.0. The third-order valence-electron chi connectivity index (χ3n) is 9.86. The van der Waals surface area contributed by atoms with Crippen molar-refractivity contribution in [2.75, 3.05) is 0 Å². The molecular formula is C50H40SiZr. The van der Waals surface area contributed by atoms with Crippen LogP contribution in [0.1, 0.15) is 11.1 Å². The van der Waals surface area contributed by atoms with E-state index in [1.165, 1.54) is 98.0 Å². The van der Waals surface area contributed by atoms with E-state index < -0.39 is 0 Å². The van der Waals surface area contributed by atoms with E-state index in [1.807, 2.05) is 0 Å². The first-order valence-electron chi connectivity index (χ1n) is 18.0. The average Bonchev–Trinajstić information content (AvgIpc) is 3.73. The van der Waals surface area contributed by atoms with Gasteiger partial charge in [-0.1, -0.05) is 122 Å². The van der Waals surface area contributed by atoms with Crippen LogP contribution in [0.25, 0.3) is 86.9 Å². The van der Waals surface area contributed by atoms with Crippen LogP contribution in [0.3, 0.4) is 0 Å². The fraction of sp³-hybridized carbons (Fsp3) is 0.0800. The molecule has 0 atom stereocenters. The summed E-state index contributed by atoms with van der Waals surface area (Å²) in [7, 11) is 0. The Kier molecular flexibility index (Phi) is 9.63. The summed E-state index contributed by atoms with van der Waals surface area (Å²) in [6.07, 6.45) is 0. The van der Waals surface area contributed by atoms with E-state index in [1.54, 1.807) is 23.3 Å². The van der Waals surface area contributed by atoms with E-state index in [9.17, 15) is 0 Å². The molecule has 10 rings (SSSR count). The molecule has 0 N–H and O–H groups in total. The molecule has 0 aliphatic rings. The third kappa shape index (κ3) is 6.86. The summed E-state index contributed by atoms with van der Waals surface area (Å²) in [6.45, 7) is 8.95. The van der Waals surface area contributed by atoms with Gasteiger partial charge in [0.1, 0.15) is 0 Å². The van der Waals surface area contributed by atoms with E-state index in [0.29, 0.717) is 0 Å². The molecule has 0 spiro atoms. The van der Waals surface area contributed by atoms with Crippen molar-refractivity contribution in [2.24, 2.45) is 0 Å². The van der Waals surface area contributed by atoms with Gasteiger partial charge < -0.3 is 0 Å². The zero-order chi connectivity index (χ0) is 35.8. The van der Waals surface area contributed by atoms with Crippen molar-refractivity contribution < 1.29 is 23.3 Å². The SMILES string of the molecule is C[Si](C)=[Zr+2].Cc1cc2c(-c3cccc4cc5ccccc5cc34)cccc2[cH-]1.Cc1cc2c(-c3cccc4cc5ccccc5cc34)cccc2[cH-]1. The molecule has 2 heteroatoms. The number of rotatable bonds is 2. The summed E-state index contributed by atoms with van der Waals surface area (Å²) < 4.78 is 0. The van der Waals surface area contributed by atoms with Crippen molar-refractivity contribution in [3.63, 3.8) is 0 Å². The summed E-state index contributed by atoms with van der Waals surface area (Å²) in [4.78, 5) is 0. The summed E-state index contributed by atoms with van der Waals surface area (Å²) in [5.74, 6) is 0. The monoisotopic (exact) mass is 758 g/mol. The van der Waals surface area contributed by atoms with Gasteiger partial charge in [0.05, 0.1) is 0 Å². The van der Waals surface area contributed by atoms with E-state index in [0.717, 1.165) is 0 Å². The first kappa shape index (κ1) is 34.2. The van der Waals surface area contributed by atoms with E-state index in [2.05, 4.69) is 197 Å². The molecule has 0 aromatic heterocycles. The Hall–Kier alpha value is -4.88. The Bertz CT molecular complexity index is 2720. The molecule has 0 amide bonds. The topological polar surface area (TPSA) is 0 Å². The zero-order valence-corrected chi connectivity index (χ0v) is 33.6. The van der Waals surface area contributed by atoms with Gasteiger partial charge in [-0.25, -0.2) is 0 Å². The molecule has 0 radical (unpaired) electrons. The van der Waals surface area contributed by atoms with Crippen LogP contribution in [0.15, 0.2) is 170 Å². The molecule has 10 aromatic rings. The van der Waals surface area contributed by atoms with Gasteiger partial charge in [0.2, 0.25) is 0 Å². The van der Waals surface area contributed by atoms with Gasteiger partial charge in [-0.05, 0) is 78.5 Å². The number of benzene rings is 8. The molecule has 0 saturated carbocycles. The zero-order valence-electron chi connectivity index (χ0n) is 30.2. The van der Waals surface area contributed by atoms with Crippen LogP contribution in [0, 0.1) is 13.8 Å². The van der Waals surface area contributed by atoms with Crippen molar-refractivity contribution in [3.8, 4) is 22.3 Å². The summed E-state index contributed by atoms with van der Waals surface area (Å²) in [5, 5.41) is 15.8. The normalized spacial score (nSPS) is 11.2. The van der Waals surface area contributed by atoms with Crippen molar-refractivity contribution in [1.82, 2.24) is 0 Å². The number of aryl methyl sites for hydroxylation is 2. The number of hydrogen-bond acceptors (Lipinski definition) is 0. The minimum absolute atomic E-state index is 0.210. The molecule has 0 bridgehead atoms. The van der Waals surface area contributed by atoms with Gasteiger partial charge >= 0.3 is 41.9 Å². The summed E-state index contributed by atoms with van der Waals surface area (Å²) >= 11 is 1.74. The van der Waals surface area contributed by atoms with Crippen LogP contribution < -0.4 is 0 Å². The molecule has 0 saturated heterocycles. The van der Waals surface area contributed by atoms with Gasteiger partial charge in [0.25, 0.3) is 0 Å². The van der Waals surface area contributed by atoms with E-state index in [4.69, 9.17) is 0 Å². The predicted octanol–water partition coefficient (Wildman–Crippen LogP) is 14.5. The molecule has 0 heterocycles. The maximum absolute atomic E-state index is 2.33. The minimum atomic E-state index is 0.210. The first-order valence-corrected chi connectivity index (χ1v) is 24.2. The minimum Gasteiger partial charge on any atom is -0.165 e. The number of fused-ring (bicyclic) bond motifs is 6. The van der Waals surface area contributed by atoms with Gasteiger partial charge in [0, 0.05) is 0 Å². The summed E-state index contributed by atoms with van der Waals surface area (Å²) in [5.41, 5.74) is 8.13. The molecule has 52 heavy (non-hydrogen) atoms. The molecule has 0 aliphatic carbocycles. The quantitative estimate of drug-likeness (QED) is 0.0935. The van der Waals surface area contributed by atoms with Gasteiger partial charge in [0.15, 0.2) is 0 Å². The van der Waals surface area contributed by atoms with Crippen molar-refractivity contribution in [2.45, 2.75) is 26.9 Å². The standard InChI is InChI=1S/2C24H17.C2H6Si.Zr/c2*1-16-12-19-8-4-10-21(23(19)13-16)22-11-5-9-20-14-17-6-2-3-7-18(17)15-24(20)22;1-3-2;/h2*2-15H,1H3;1-2H3;/q2*-1;;+2. The largest absolute Gasteiger partial charge is 0.165 e. The van der Waals surface area contributed by atoms with Crippen molar-refractivity contribution in [3.05, 3.63) is 181 Å². The molecule has 0 unspecified atom stereocenters. The van der Waals surface area contributed by atoms with Crippen molar-refractivity contribution >= 4 is 70.1 Å². The van der Waals surface area contributed by atoms with E-state index >= 15 is 0 Å². The predicted molar refractivity (Wildman–Crippen MR) is 227 cm³/mol. The van der Waals surface area contributed by atoms with Crippen LogP contribution in [-0.4, -0.2) is 5.43 Å². The van der Waals surface area contributed by atoms with E-state index in [-0.39, 0.29) is 5.43 Å². The second-order valence-corrected chi connectivity index (χ2v) is 23.5. The molecule has 0 nitrogen and oxygen atoms in total. The Labute approximate surface area is 321 Å². The second kappa shape index (κ2) is 14.6. The molecule has 248 valence electrons. The fourth-order valence-corrected chi connectivity index (χ4v) is 7.64. The third-order valence-corrected chi connectivity index (χ3v) is 9.86. The van der Waals surface area contributed by atoms with Crippen LogP contribution in [0.2, 0.25) is 13.1 Å². The Morgan fingerprint density at radius 1 is 0.365 bits per heavy atom. The molecule has 0 aliphatic heterocycles. The van der Waals surface area contributed by atoms with Crippen LogP contribution in [-0.2, 0) is 23.3 Å². The van der Waals surface area contributed by atoms with Gasteiger partial charge in [-0.2, -0.15) is 12.1 Å². The Morgan fingerprint density at radius 3 is 1.06 bits per heavy atom. The van der Waals surface area contributed by atoms with Crippen LogP contribution in [0.5, 0.6) is 0 Å².